The molecule has 0 amide bonds. The van der Waals surface area contributed by atoms with E-state index in [0.29, 0.717) is 6.61 Å². The highest BCUT2D eigenvalue weighted by Gasteiger charge is 2.41. The molecule has 0 aromatic heterocycles. The lowest BCUT2D eigenvalue weighted by Gasteiger charge is -2.42. The molecule has 0 radical (unpaired) electrons. The average molecular weight is 300 g/mol. The molecule has 1 aliphatic rings. The summed E-state index contributed by atoms with van der Waals surface area (Å²) in [6.07, 6.45) is 5.05. The molecule has 1 aliphatic heterocycles. The van der Waals surface area contributed by atoms with E-state index in [9.17, 15) is 4.79 Å². The normalized spacial score (nSPS) is 24.9. The zero-order valence-electron chi connectivity index (χ0n) is 13.6. The Labute approximate surface area is 123 Å². The molecule has 20 heavy (non-hydrogen) atoms. The maximum absolute atomic E-state index is 11.2. The largest absolute Gasteiger partial charge is 0.466 e. The summed E-state index contributed by atoms with van der Waals surface area (Å²) in [5, 5.41) is 0.168. The van der Waals surface area contributed by atoms with E-state index >= 15 is 0 Å². The van der Waals surface area contributed by atoms with E-state index in [-0.39, 0.29) is 23.2 Å². The van der Waals surface area contributed by atoms with Crippen LogP contribution in [0.2, 0.25) is 18.1 Å². The molecule has 1 saturated heterocycles. The number of esters is 1. The van der Waals surface area contributed by atoms with Gasteiger partial charge in [0.15, 0.2) is 8.32 Å². The van der Waals surface area contributed by atoms with Gasteiger partial charge in [-0.2, -0.15) is 0 Å². The van der Waals surface area contributed by atoms with Crippen molar-refractivity contribution >= 4 is 14.3 Å². The number of ether oxygens (including phenoxy) is 2. The van der Waals surface area contributed by atoms with Crippen LogP contribution in [0.3, 0.4) is 0 Å². The fraction of sp³-hybridized carbons (Fsp3) is 0.800. The van der Waals surface area contributed by atoms with Crippen LogP contribution in [0.4, 0.5) is 0 Å². The predicted octanol–water partition coefficient (Wildman–Crippen LogP) is 3.29. The van der Waals surface area contributed by atoms with Gasteiger partial charge in [0.25, 0.3) is 0 Å². The lowest BCUT2D eigenvalue weighted by Crippen LogP contribution is -2.48. The molecule has 0 unspecified atom stereocenters. The summed E-state index contributed by atoms with van der Waals surface area (Å²) >= 11 is 0. The van der Waals surface area contributed by atoms with Gasteiger partial charge in [0.1, 0.15) is 6.10 Å². The van der Waals surface area contributed by atoms with Gasteiger partial charge in [0.2, 0.25) is 0 Å². The van der Waals surface area contributed by atoms with E-state index in [2.05, 4.69) is 38.6 Å². The molecular weight excluding hydrogens is 272 g/mol. The number of hydrogen-bond donors (Lipinski definition) is 0. The average Bonchev–Trinajstić information content (AvgIpc) is 2.35. The molecule has 116 valence electrons. The van der Waals surface area contributed by atoms with Crippen molar-refractivity contribution in [3.63, 3.8) is 0 Å². The Morgan fingerprint density at radius 3 is 2.55 bits per heavy atom. The third-order valence-electron chi connectivity index (χ3n) is 4.19. The number of hydrogen-bond acceptors (Lipinski definition) is 4. The standard InChI is InChI=1S/C15H28O4Si/c1-15(2,3)20(5,6)19-13-8-7-11-18-12(13)9-10-14(16)17-4/h9-10,12-13H,7-8,11H2,1-6H3/b10-9-/t12-,13-/m1/s1. The van der Waals surface area contributed by atoms with Crippen molar-refractivity contribution in [1.29, 1.82) is 0 Å². The number of methoxy groups -OCH3 is 1. The molecule has 1 heterocycles. The molecule has 2 atom stereocenters. The van der Waals surface area contributed by atoms with E-state index in [4.69, 9.17) is 9.16 Å². The van der Waals surface area contributed by atoms with Gasteiger partial charge in [0, 0.05) is 12.7 Å². The quantitative estimate of drug-likeness (QED) is 0.454. The Kier molecular flexibility index (Phi) is 5.98. The maximum atomic E-state index is 11.2. The Balaban J connectivity index is 2.75. The maximum Gasteiger partial charge on any atom is 0.330 e. The van der Waals surface area contributed by atoms with Crippen LogP contribution >= 0.6 is 0 Å². The Morgan fingerprint density at radius 1 is 1.35 bits per heavy atom. The molecule has 0 spiro atoms. The number of carbonyl (C=O) groups excluding carboxylic acids is 1. The van der Waals surface area contributed by atoms with Crippen LogP contribution in [0.5, 0.6) is 0 Å². The van der Waals surface area contributed by atoms with Crippen molar-refractivity contribution in [3.05, 3.63) is 12.2 Å². The Bertz CT molecular complexity index is 357. The number of rotatable bonds is 4. The fourth-order valence-electron chi connectivity index (χ4n) is 1.88. The molecule has 0 saturated carbocycles. The van der Waals surface area contributed by atoms with Gasteiger partial charge in [-0.05, 0) is 37.0 Å². The number of carbonyl (C=O) groups is 1. The first-order chi connectivity index (χ1) is 9.17. The molecule has 0 bridgehead atoms. The molecule has 0 aliphatic carbocycles. The van der Waals surface area contributed by atoms with Crippen LogP contribution in [-0.2, 0) is 18.7 Å². The van der Waals surface area contributed by atoms with Crippen LogP contribution in [0, 0.1) is 0 Å². The molecule has 1 fully saturated rings. The van der Waals surface area contributed by atoms with Crippen molar-refractivity contribution in [2.24, 2.45) is 0 Å². The zero-order chi connectivity index (χ0) is 15.4. The van der Waals surface area contributed by atoms with Crippen molar-refractivity contribution < 1.29 is 18.7 Å². The van der Waals surface area contributed by atoms with Crippen LogP contribution in [0.25, 0.3) is 0 Å². The molecule has 0 N–H and O–H groups in total. The minimum atomic E-state index is -1.83. The van der Waals surface area contributed by atoms with Crippen LogP contribution in [0.1, 0.15) is 33.6 Å². The van der Waals surface area contributed by atoms with Gasteiger partial charge in [-0.15, -0.1) is 0 Å². The van der Waals surface area contributed by atoms with Gasteiger partial charge in [0.05, 0.1) is 13.2 Å². The predicted molar refractivity (Wildman–Crippen MR) is 82.2 cm³/mol. The summed E-state index contributed by atoms with van der Waals surface area (Å²) in [5.74, 6) is -0.356. The van der Waals surface area contributed by atoms with Gasteiger partial charge < -0.3 is 13.9 Å². The second kappa shape index (κ2) is 6.87. The highest BCUT2D eigenvalue weighted by molar-refractivity contribution is 6.74. The van der Waals surface area contributed by atoms with Crippen molar-refractivity contribution in [3.8, 4) is 0 Å². The first-order valence-electron chi connectivity index (χ1n) is 7.23. The Hall–Kier alpha value is -0.653. The lowest BCUT2D eigenvalue weighted by molar-refractivity contribution is -0.135. The van der Waals surface area contributed by atoms with Gasteiger partial charge in [-0.3, -0.25) is 0 Å². The van der Waals surface area contributed by atoms with Gasteiger partial charge in [-0.1, -0.05) is 20.8 Å². The smallest absolute Gasteiger partial charge is 0.330 e. The van der Waals surface area contributed by atoms with E-state index in [1.165, 1.54) is 13.2 Å². The molecular formula is C15H28O4Si. The summed E-state index contributed by atoms with van der Waals surface area (Å²) in [5.41, 5.74) is 0. The summed E-state index contributed by atoms with van der Waals surface area (Å²) in [6, 6.07) is 0. The minimum absolute atomic E-state index is 0.0329. The summed E-state index contributed by atoms with van der Waals surface area (Å²) < 4.78 is 16.8. The monoisotopic (exact) mass is 300 g/mol. The van der Waals surface area contributed by atoms with E-state index in [1.807, 2.05) is 0 Å². The first-order valence-corrected chi connectivity index (χ1v) is 10.1. The minimum Gasteiger partial charge on any atom is -0.466 e. The third kappa shape index (κ3) is 4.72. The molecule has 0 aromatic carbocycles. The van der Waals surface area contributed by atoms with Gasteiger partial charge in [-0.25, -0.2) is 4.79 Å². The van der Waals surface area contributed by atoms with E-state index in [1.54, 1.807) is 6.08 Å². The van der Waals surface area contributed by atoms with Crippen LogP contribution < -0.4 is 0 Å². The fourth-order valence-corrected chi connectivity index (χ4v) is 3.24. The van der Waals surface area contributed by atoms with E-state index in [0.717, 1.165) is 12.8 Å². The van der Waals surface area contributed by atoms with Crippen molar-refractivity contribution in [1.82, 2.24) is 0 Å². The summed E-state index contributed by atoms with van der Waals surface area (Å²) in [4.78, 5) is 11.2. The highest BCUT2D eigenvalue weighted by atomic mass is 28.4. The lowest BCUT2D eigenvalue weighted by atomic mass is 10.1. The van der Waals surface area contributed by atoms with Crippen molar-refractivity contribution in [2.45, 2.75) is 64.0 Å². The topological polar surface area (TPSA) is 44.8 Å². The van der Waals surface area contributed by atoms with E-state index < -0.39 is 8.32 Å². The first kappa shape index (κ1) is 17.4. The summed E-state index contributed by atoms with van der Waals surface area (Å²) in [6.45, 7) is 11.9. The zero-order valence-corrected chi connectivity index (χ0v) is 14.6. The Morgan fingerprint density at radius 2 is 2.00 bits per heavy atom. The second-order valence-corrected chi connectivity index (χ2v) is 11.5. The third-order valence-corrected chi connectivity index (χ3v) is 8.69. The van der Waals surface area contributed by atoms with Gasteiger partial charge >= 0.3 is 5.97 Å². The molecule has 4 nitrogen and oxygen atoms in total. The molecule has 1 rings (SSSR count). The summed E-state index contributed by atoms with van der Waals surface area (Å²) in [7, 11) is -0.456. The van der Waals surface area contributed by atoms with Crippen molar-refractivity contribution in [2.75, 3.05) is 13.7 Å². The second-order valence-electron chi connectivity index (χ2n) is 6.78. The SMILES string of the molecule is COC(=O)/C=C\[C@H]1OCCC[C@H]1O[Si](C)(C)C(C)(C)C. The highest BCUT2D eigenvalue weighted by Crippen LogP contribution is 2.38. The molecule has 0 aromatic rings. The van der Waals surface area contributed by atoms with Crippen LogP contribution in [-0.4, -0.2) is 40.2 Å². The molecule has 5 heteroatoms. The van der Waals surface area contributed by atoms with Crippen LogP contribution in [0.15, 0.2) is 12.2 Å².